The average Bonchev–Trinajstić information content (AvgIpc) is 2.09. The second-order valence-corrected chi connectivity index (χ2v) is 3.26. The van der Waals surface area contributed by atoms with Crippen LogP contribution in [-0.4, -0.2) is 21.2 Å². The van der Waals surface area contributed by atoms with Gasteiger partial charge in [0.1, 0.15) is 5.75 Å². The topological polar surface area (TPSA) is 38.5 Å². The number of benzene rings is 1. The molecule has 72 valence electrons. The first-order chi connectivity index (χ1) is 6.06. The Morgan fingerprint density at radius 1 is 1.31 bits per heavy atom. The van der Waals surface area contributed by atoms with Gasteiger partial charge in [0.05, 0.1) is 7.11 Å². The summed E-state index contributed by atoms with van der Waals surface area (Å²) in [7, 11) is 5.61. The van der Waals surface area contributed by atoms with Gasteiger partial charge in [0.2, 0.25) is 0 Å². The highest BCUT2D eigenvalue weighted by atomic mass is 16.5. The first-order valence-electron chi connectivity index (χ1n) is 4.17. The normalized spacial score (nSPS) is 9.85. The second-order valence-electron chi connectivity index (χ2n) is 3.26. The van der Waals surface area contributed by atoms with Gasteiger partial charge in [0, 0.05) is 37.1 Å². The number of rotatable bonds is 2. The Morgan fingerprint density at radius 2 is 1.92 bits per heavy atom. The van der Waals surface area contributed by atoms with Crippen LogP contribution in [0.15, 0.2) is 12.1 Å². The van der Waals surface area contributed by atoms with E-state index < -0.39 is 0 Å². The maximum absolute atomic E-state index is 5.83. The standard InChI is InChI=1S/C10H16N2O/c1-7-9(11)5-8(12(2)3)6-10(7)13-4/h5-6H,11H2,1-4H3. The molecule has 3 heteroatoms. The predicted octanol–water partition coefficient (Wildman–Crippen LogP) is 1.65. The zero-order chi connectivity index (χ0) is 10.0. The molecule has 0 atom stereocenters. The van der Waals surface area contributed by atoms with Gasteiger partial charge in [-0.1, -0.05) is 0 Å². The van der Waals surface area contributed by atoms with Crippen LogP contribution in [0.4, 0.5) is 11.4 Å². The van der Waals surface area contributed by atoms with Gasteiger partial charge >= 0.3 is 0 Å². The summed E-state index contributed by atoms with van der Waals surface area (Å²) in [6.45, 7) is 1.95. The van der Waals surface area contributed by atoms with E-state index in [9.17, 15) is 0 Å². The minimum atomic E-state index is 0.767. The lowest BCUT2D eigenvalue weighted by molar-refractivity contribution is 0.412. The quantitative estimate of drug-likeness (QED) is 0.703. The number of nitrogen functional groups attached to an aromatic ring is 1. The lowest BCUT2D eigenvalue weighted by atomic mass is 10.1. The molecule has 0 saturated carbocycles. The first-order valence-corrected chi connectivity index (χ1v) is 4.17. The Kier molecular flexibility index (Phi) is 2.66. The number of hydrogen-bond acceptors (Lipinski definition) is 3. The first kappa shape index (κ1) is 9.71. The molecule has 2 N–H and O–H groups in total. The monoisotopic (exact) mass is 180 g/mol. The SMILES string of the molecule is COc1cc(N(C)C)cc(N)c1C. The van der Waals surface area contributed by atoms with Crippen molar-refractivity contribution in [1.82, 2.24) is 0 Å². The van der Waals surface area contributed by atoms with E-state index in [-0.39, 0.29) is 0 Å². The van der Waals surface area contributed by atoms with Crippen molar-refractivity contribution >= 4 is 11.4 Å². The van der Waals surface area contributed by atoms with Crippen LogP contribution in [0.5, 0.6) is 5.75 Å². The highest BCUT2D eigenvalue weighted by Gasteiger charge is 2.05. The van der Waals surface area contributed by atoms with Crippen LogP contribution in [0, 0.1) is 6.92 Å². The lowest BCUT2D eigenvalue weighted by Crippen LogP contribution is -2.09. The van der Waals surface area contributed by atoms with Gasteiger partial charge in [-0.15, -0.1) is 0 Å². The summed E-state index contributed by atoms with van der Waals surface area (Å²) in [5, 5.41) is 0. The number of nitrogens with two attached hydrogens (primary N) is 1. The smallest absolute Gasteiger partial charge is 0.125 e. The van der Waals surface area contributed by atoms with Gasteiger partial charge in [-0.05, 0) is 13.0 Å². The van der Waals surface area contributed by atoms with Gasteiger partial charge in [0.25, 0.3) is 0 Å². The fourth-order valence-electron chi connectivity index (χ4n) is 1.16. The number of nitrogens with zero attached hydrogens (tertiary/aromatic N) is 1. The van der Waals surface area contributed by atoms with E-state index in [1.54, 1.807) is 7.11 Å². The Morgan fingerprint density at radius 3 is 2.38 bits per heavy atom. The molecule has 0 saturated heterocycles. The summed E-state index contributed by atoms with van der Waals surface area (Å²) in [6, 6.07) is 3.92. The molecule has 0 amide bonds. The molecular formula is C10H16N2O. The Balaban J connectivity index is 3.22. The molecule has 0 fully saturated rings. The summed E-state index contributed by atoms with van der Waals surface area (Å²) in [5.41, 5.74) is 8.64. The number of ether oxygens (including phenoxy) is 1. The van der Waals surface area contributed by atoms with Crippen LogP contribution in [0.25, 0.3) is 0 Å². The number of methoxy groups -OCH3 is 1. The summed E-state index contributed by atoms with van der Waals surface area (Å²) < 4.78 is 5.21. The highest BCUT2D eigenvalue weighted by molar-refractivity contribution is 5.64. The molecule has 0 heterocycles. The van der Waals surface area contributed by atoms with E-state index in [4.69, 9.17) is 10.5 Å². The van der Waals surface area contributed by atoms with Crippen LogP contribution in [-0.2, 0) is 0 Å². The van der Waals surface area contributed by atoms with Crippen molar-refractivity contribution in [2.45, 2.75) is 6.92 Å². The number of anilines is 2. The molecule has 0 aliphatic carbocycles. The van der Waals surface area contributed by atoms with E-state index in [1.807, 2.05) is 38.1 Å². The summed E-state index contributed by atoms with van der Waals surface area (Å²) in [5.74, 6) is 0.837. The van der Waals surface area contributed by atoms with Crippen LogP contribution < -0.4 is 15.4 Å². The van der Waals surface area contributed by atoms with Crippen molar-refractivity contribution in [1.29, 1.82) is 0 Å². The maximum Gasteiger partial charge on any atom is 0.125 e. The fraction of sp³-hybridized carbons (Fsp3) is 0.400. The molecule has 1 aromatic carbocycles. The minimum absolute atomic E-state index is 0.767. The van der Waals surface area contributed by atoms with Gasteiger partial charge in [0.15, 0.2) is 0 Å². The van der Waals surface area contributed by atoms with Crippen molar-refractivity contribution in [2.24, 2.45) is 0 Å². The summed E-state index contributed by atoms with van der Waals surface area (Å²) in [4.78, 5) is 2.00. The van der Waals surface area contributed by atoms with Crippen molar-refractivity contribution < 1.29 is 4.74 Å². The van der Waals surface area contributed by atoms with Gasteiger partial charge in [-0.25, -0.2) is 0 Å². The third-order valence-electron chi connectivity index (χ3n) is 2.12. The molecule has 3 nitrogen and oxygen atoms in total. The predicted molar refractivity (Wildman–Crippen MR) is 56.5 cm³/mol. The zero-order valence-corrected chi connectivity index (χ0v) is 8.59. The maximum atomic E-state index is 5.83. The van der Waals surface area contributed by atoms with Crippen LogP contribution in [0.3, 0.4) is 0 Å². The fourth-order valence-corrected chi connectivity index (χ4v) is 1.16. The molecule has 13 heavy (non-hydrogen) atoms. The number of hydrogen-bond donors (Lipinski definition) is 1. The average molecular weight is 180 g/mol. The van der Waals surface area contributed by atoms with Crippen LogP contribution in [0.1, 0.15) is 5.56 Å². The second kappa shape index (κ2) is 3.56. The van der Waals surface area contributed by atoms with Crippen LogP contribution in [0.2, 0.25) is 0 Å². The van der Waals surface area contributed by atoms with E-state index in [0.29, 0.717) is 0 Å². The molecule has 1 aromatic rings. The molecular weight excluding hydrogens is 164 g/mol. The summed E-state index contributed by atoms with van der Waals surface area (Å²) >= 11 is 0. The van der Waals surface area contributed by atoms with E-state index in [0.717, 1.165) is 22.7 Å². The largest absolute Gasteiger partial charge is 0.496 e. The molecule has 0 radical (unpaired) electrons. The molecule has 0 spiro atoms. The Hall–Kier alpha value is -1.38. The Labute approximate surface area is 79.1 Å². The van der Waals surface area contributed by atoms with Crippen LogP contribution >= 0.6 is 0 Å². The third-order valence-corrected chi connectivity index (χ3v) is 2.12. The minimum Gasteiger partial charge on any atom is -0.496 e. The van der Waals surface area contributed by atoms with Crippen molar-refractivity contribution in [3.05, 3.63) is 17.7 Å². The van der Waals surface area contributed by atoms with Crippen molar-refractivity contribution in [3.8, 4) is 5.75 Å². The van der Waals surface area contributed by atoms with Gasteiger partial charge in [-0.3, -0.25) is 0 Å². The Bertz CT molecular complexity index is 308. The van der Waals surface area contributed by atoms with Crippen molar-refractivity contribution in [3.63, 3.8) is 0 Å². The highest BCUT2D eigenvalue weighted by Crippen LogP contribution is 2.29. The van der Waals surface area contributed by atoms with E-state index in [1.165, 1.54) is 0 Å². The van der Waals surface area contributed by atoms with E-state index >= 15 is 0 Å². The molecule has 1 rings (SSSR count). The molecule has 0 aliphatic heterocycles. The molecule has 0 aliphatic rings. The molecule has 0 unspecified atom stereocenters. The summed E-state index contributed by atoms with van der Waals surface area (Å²) in [6.07, 6.45) is 0. The van der Waals surface area contributed by atoms with Crippen molar-refractivity contribution in [2.75, 3.05) is 31.8 Å². The van der Waals surface area contributed by atoms with Gasteiger partial charge in [-0.2, -0.15) is 0 Å². The third kappa shape index (κ3) is 1.86. The molecule has 0 bridgehead atoms. The molecule has 0 aromatic heterocycles. The zero-order valence-electron chi connectivity index (χ0n) is 8.59. The lowest BCUT2D eigenvalue weighted by Gasteiger charge is -2.16. The van der Waals surface area contributed by atoms with E-state index in [2.05, 4.69) is 0 Å². The van der Waals surface area contributed by atoms with Gasteiger partial charge < -0.3 is 15.4 Å².